The number of rotatable bonds is 14. The van der Waals surface area contributed by atoms with Crippen LogP contribution in [0.2, 0.25) is 0 Å². The smallest absolute Gasteiger partial charge is 0.245 e. The molecule has 0 aliphatic carbocycles. The fourth-order valence-corrected chi connectivity index (χ4v) is 5.23. The van der Waals surface area contributed by atoms with Crippen molar-refractivity contribution in [1.82, 2.24) is 37.2 Å². The molecule has 0 bridgehead atoms. The first-order chi connectivity index (χ1) is 25.2. The highest BCUT2D eigenvalue weighted by molar-refractivity contribution is 5.96. The van der Waals surface area contributed by atoms with E-state index in [0.717, 1.165) is 12.5 Å². The van der Waals surface area contributed by atoms with Crippen molar-refractivity contribution in [2.24, 2.45) is 5.73 Å². The van der Waals surface area contributed by atoms with E-state index in [0.29, 0.717) is 6.29 Å². The van der Waals surface area contributed by atoms with Crippen LogP contribution >= 0.6 is 0 Å². The van der Waals surface area contributed by atoms with E-state index in [2.05, 4.69) is 37.2 Å². The lowest BCUT2D eigenvalue weighted by atomic mass is 10.0. The zero-order chi connectivity index (χ0) is 39.5. The molecular formula is C33H50N8O12. The standard InChI is InChI=1S/C33H50N8O12/c1-18(46)27-33(53)40-25(17-45)32(52)38-21(29(49)39-24(16-44)31(51)36-20(14-42)13-19-7-3-2-4-8-19)9-5-6-12-35-26(47)11-10-22(30(50)41-27)37-23(15-43)28(34)48/h2-4,7-8,14,18,20-25,27,37,43-46H,5-6,9-13,15-17H2,1H3,(H2,34,48)(H,35,47)(H,36,51)(H,38,52)(H,39,49)(H,40,53)(H,41,50)/t18-,20+,21?,22?,23+,24+,25+,27+/m1/s1. The van der Waals surface area contributed by atoms with Crippen molar-refractivity contribution in [2.45, 2.75) is 93.8 Å². The molecule has 20 nitrogen and oxygen atoms in total. The molecule has 1 aromatic carbocycles. The van der Waals surface area contributed by atoms with Gasteiger partial charge in [0.05, 0.1) is 38.0 Å². The first kappa shape index (κ1) is 44.1. The number of nitrogens with one attached hydrogen (secondary N) is 7. The Morgan fingerprint density at radius 1 is 0.906 bits per heavy atom. The topological polar surface area (TPSA) is 328 Å². The summed E-state index contributed by atoms with van der Waals surface area (Å²) in [6.45, 7) is -1.41. The van der Waals surface area contributed by atoms with Crippen molar-refractivity contribution < 1.29 is 58.8 Å². The molecule has 0 spiro atoms. The van der Waals surface area contributed by atoms with Crippen molar-refractivity contribution in [3.8, 4) is 0 Å². The Bertz CT molecular complexity index is 1420. The molecule has 8 atom stereocenters. The van der Waals surface area contributed by atoms with Gasteiger partial charge in [-0.2, -0.15) is 0 Å². The number of aliphatic hydroxyl groups is 4. The molecule has 7 amide bonds. The van der Waals surface area contributed by atoms with E-state index in [1.165, 1.54) is 0 Å². The van der Waals surface area contributed by atoms with E-state index in [4.69, 9.17) is 5.73 Å². The number of aldehydes is 1. The van der Waals surface area contributed by atoms with Gasteiger partial charge in [0.2, 0.25) is 41.4 Å². The number of carbonyl (C=O) groups excluding carboxylic acids is 8. The molecule has 1 heterocycles. The summed E-state index contributed by atoms with van der Waals surface area (Å²) in [6, 6.07) is -1.32. The van der Waals surface area contributed by atoms with Crippen molar-refractivity contribution in [2.75, 3.05) is 26.4 Å². The Balaban J connectivity index is 2.27. The highest BCUT2D eigenvalue weighted by Crippen LogP contribution is 2.07. The first-order valence-corrected chi connectivity index (χ1v) is 17.1. The van der Waals surface area contributed by atoms with Crippen LogP contribution in [0.15, 0.2) is 30.3 Å². The maximum absolute atomic E-state index is 13.4. The molecule has 13 N–H and O–H groups in total. The van der Waals surface area contributed by atoms with Gasteiger partial charge in [-0.3, -0.25) is 38.9 Å². The van der Waals surface area contributed by atoms with Gasteiger partial charge in [0.25, 0.3) is 0 Å². The fourth-order valence-electron chi connectivity index (χ4n) is 5.23. The normalized spacial score (nSPS) is 23.2. The van der Waals surface area contributed by atoms with Gasteiger partial charge in [-0.1, -0.05) is 30.3 Å². The highest BCUT2D eigenvalue weighted by atomic mass is 16.3. The quantitative estimate of drug-likeness (QED) is 0.0790. The van der Waals surface area contributed by atoms with E-state index < -0.39 is 110 Å². The van der Waals surface area contributed by atoms with Gasteiger partial charge in [-0.25, -0.2) is 0 Å². The molecule has 1 aliphatic heterocycles. The highest BCUT2D eigenvalue weighted by Gasteiger charge is 2.35. The van der Waals surface area contributed by atoms with Crippen LogP contribution in [0.3, 0.4) is 0 Å². The molecule has 0 radical (unpaired) electrons. The number of primary amides is 1. The Kier molecular flexibility index (Phi) is 19.0. The zero-order valence-corrected chi connectivity index (χ0v) is 29.3. The van der Waals surface area contributed by atoms with Crippen molar-refractivity contribution in [3.63, 3.8) is 0 Å². The summed E-state index contributed by atoms with van der Waals surface area (Å²) in [5, 5.41) is 56.6. The maximum Gasteiger partial charge on any atom is 0.245 e. The van der Waals surface area contributed by atoms with Crippen LogP contribution in [0.4, 0.5) is 0 Å². The molecule has 53 heavy (non-hydrogen) atoms. The van der Waals surface area contributed by atoms with Crippen LogP contribution in [0.5, 0.6) is 0 Å². The van der Waals surface area contributed by atoms with Gasteiger partial charge >= 0.3 is 0 Å². The number of nitrogens with two attached hydrogens (primary N) is 1. The number of carbonyl (C=O) groups is 8. The van der Waals surface area contributed by atoms with Gasteiger partial charge in [0, 0.05) is 13.0 Å². The van der Waals surface area contributed by atoms with Crippen LogP contribution in [-0.2, 0) is 44.8 Å². The van der Waals surface area contributed by atoms with E-state index in [-0.39, 0.29) is 45.1 Å². The monoisotopic (exact) mass is 750 g/mol. The molecular weight excluding hydrogens is 700 g/mol. The van der Waals surface area contributed by atoms with Gasteiger partial charge in [0.1, 0.15) is 36.5 Å². The Morgan fingerprint density at radius 3 is 2.17 bits per heavy atom. The second kappa shape index (κ2) is 22.8. The Morgan fingerprint density at radius 2 is 1.58 bits per heavy atom. The molecule has 1 saturated heterocycles. The average Bonchev–Trinajstić information content (AvgIpc) is 3.13. The number of hydrogen-bond acceptors (Lipinski definition) is 13. The summed E-state index contributed by atoms with van der Waals surface area (Å²) >= 11 is 0. The van der Waals surface area contributed by atoms with E-state index in [1.54, 1.807) is 30.3 Å². The minimum absolute atomic E-state index is 0.0711. The van der Waals surface area contributed by atoms with Gasteiger partial charge < -0.3 is 62.9 Å². The minimum atomic E-state index is -1.73. The third-order valence-corrected chi connectivity index (χ3v) is 8.26. The summed E-state index contributed by atoms with van der Waals surface area (Å²) in [6.07, 6.45) is -1.01. The number of benzene rings is 1. The SMILES string of the molecule is C[C@@H](O)[C@@H]1NC(=O)C(N[C@@H](CO)C(N)=O)CCC(=O)NCCCCC(C(=O)N[C@@H](CO)C(=O)N[C@H](C=O)Cc2ccccc2)NC(=O)[C@H](CO)NC1=O. The number of aliphatic hydroxyl groups excluding tert-OH is 4. The van der Waals surface area contributed by atoms with Crippen LogP contribution < -0.4 is 43.0 Å². The largest absolute Gasteiger partial charge is 0.394 e. The fraction of sp³-hybridized carbons (Fsp3) is 0.576. The summed E-state index contributed by atoms with van der Waals surface area (Å²) in [4.78, 5) is 102. The third kappa shape index (κ3) is 14.9. The van der Waals surface area contributed by atoms with Crippen LogP contribution in [0.1, 0.15) is 44.6 Å². The average molecular weight is 751 g/mol. The summed E-state index contributed by atoms with van der Waals surface area (Å²) in [7, 11) is 0. The lowest BCUT2D eigenvalue weighted by Gasteiger charge is -2.28. The van der Waals surface area contributed by atoms with Crippen LogP contribution in [0.25, 0.3) is 0 Å². The van der Waals surface area contributed by atoms with Crippen LogP contribution in [0, 0.1) is 0 Å². The van der Waals surface area contributed by atoms with E-state index >= 15 is 0 Å². The van der Waals surface area contributed by atoms with Crippen molar-refractivity contribution in [3.05, 3.63) is 35.9 Å². The first-order valence-electron chi connectivity index (χ1n) is 17.1. The summed E-state index contributed by atoms with van der Waals surface area (Å²) < 4.78 is 0. The summed E-state index contributed by atoms with van der Waals surface area (Å²) in [5.41, 5.74) is 6.01. The van der Waals surface area contributed by atoms with Crippen molar-refractivity contribution >= 4 is 47.6 Å². The second-order valence-corrected chi connectivity index (χ2v) is 12.5. The van der Waals surface area contributed by atoms with Crippen LogP contribution in [-0.4, -0.2) is 143 Å². The third-order valence-electron chi connectivity index (χ3n) is 8.26. The predicted molar refractivity (Wildman–Crippen MR) is 185 cm³/mol. The molecule has 1 fully saturated rings. The molecule has 0 aromatic heterocycles. The van der Waals surface area contributed by atoms with Crippen molar-refractivity contribution in [1.29, 1.82) is 0 Å². The molecule has 1 aromatic rings. The van der Waals surface area contributed by atoms with Gasteiger partial charge in [0.15, 0.2) is 0 Å². The molecule has 2 unspecified atom stereocenters. The lowest BCUT2D eigenvalue weighted by molar-refractivity contribution is -0.137. The molecule has 2 rings (SSSR count). The molecule has 0 saturated carbocycles. The maximum atomic E-state index is 13.4. The predicted octanol–water partition coefficient (Wildman–Crippen LogP) is -5.90. The number of hydrogen-bond donors (Lipinski definition) is 12. The lowest BCUT2D eigenvalue weighted by Crippen LogP contribution is -2.62. The van der Waals surface area contributed by atoms with Gasteiger partial charge in [-0.15, -0.1) is 0 Å². The molecule has 294 valence electrons. The van der Waals surface area contributed by atoms with E-state index in [1.807, 2.05) is 0 Å². The zero-order valence-electron chi connectivity index (χ0n) is 29.3. The Hall–Kier alpha value is -5.02. The number of amides is 7. The molecule has 20 heteroatoms. The minimum Gasteiger partial charge on any atom is -0.394 e. The molecule has 1 aliphatic rings. The Labute approximate surface area is 305 Å². The van der Waals surface area contributed by atoms with E-state index in [9.17, 15) is 58.8 Å². The summed E-state index contributed by atoms with van der Waals surface area (Å²) in [5.74, 6) is -6.49. The van der Waals surface area contributed by atoms with Gasteiger partial charge in [-0.05, 0) is 44.6 Å². The second-order valence-electron chi connectivity index (χ2n) is 12.5.